The van der Waals surface area contributed by atoms with Crippen LogP contribution in [0.25, 0.3) is 0 Å². The van der Waals surface area contributed by atoms with Gasteiger partial charge < -0.3 is 10.1 Å². The van der Waals surface area contributed by atoms with Crippen LogP contribution in [-0.4, -0.2) is 16.1 Å². The summed E-state index contributed by atoms with van der Waals surface area (Å²) < 4.78 is 0. The van der Waals surface area contributed by atoms with Gasteiger partial charge in [-0.1, -0.05) is 64.0 Å². The Morgan fingerprint density at radius 1 is 1.10 bits per heavy atom. The molecule has 21 heavy (non-hydrogen) atoms. The van der Waals surface area contributed by atoms with Gasteiger partial charge in [0, 0.05) is 6.20 Å². The molecule has 0 spiro atoms. The minimum absolute atomic E-state index is 0.265. The van der Waals surface area contributed by atoms with Gasteiger partial charge in [-0.25, -0.2) is 4.79 Å². The number of unbranched alkanes of at least 4 members (excludes halogenated alkanes) is 8. The molecular formula is C18H29NO2. The third-order valence-corrected chi connectivity index (χ3v) is 3.72. The third kappa shape index (κ3) is 8.38. The van der Waals surface area contributed by atoms with Crippen LogP contribution in [0.4, 0.5) is 0 Å². The van der Waals surface area contributed by atoms with Crippen molar-refractivity contribution in [1.82, 2.24) is 4.98 Å². The first-order valence-corrected chi connectivity index (χ1v) is 8.29. The van der Waals surface area contributed by atoms with Crippen molar-refractivity contribution >= 4 is 5.97 Å². The van der Waals surface area contributed by atoms with Crippen LogP contribution in [0.15, 0.2) is 24.4 Å². The molecule has 1 rings (SSSR count). The normalized spacial score (nSPS) is 11.3. The summed E-state index contributed by atoms with van der Waals surface area (Å²) in [6.07, 6.45) is 18.9. The maximum Gasteiger partial charge on any atom is 0.352 e. The van der Waals surface area contributed by atoms with E-state index < -0.39 is 5.97 Å². The van der Waals surface area contributed by atoms with Crippen molar-refractivity contribution in [2.24, 2.45) is 0 Å². The molecule has 0 aliphatic heterocycles. The second-order valence-electron chi connectivity index (χ2n) is 5.67. The van der Waals surface area contributed by atoms with E-state index in [4.69, 9.17) is 5.11 Å². The van der Waals surface area contributed by atoms with Gasteiger partial charge in [0.05, 0.1) is 0 Å². The second-order valence-corrected chi connectivity index (χ2v) is 5.67. The third-order valence-electron chi connectivity index (χ3n) is 3.72. The van der Waals surface area contributed by atoms with Gasteiger partial charge in [-0.3, -0.25) is 0 Å². The molecule has 0 unspecified atom stereocenters. The van der Waals surface area contributed by atoms with Gasteiger partial charge in [-0.2, -0.15) is 0 Å². The summed E-state index contributed by atoms with van der Waals surface area (Å²) in [5, 5.41) is 8.81. The molecule has 1 aromatic rings. The lowest BCUT2D eigenvalue weighted by atomic mass is 10.1. The fraction of sp³-hybridized carbons (Fsp3) is 0.611. The number of carboxylic acids is 1. The molecule has 1 aromatic heterocycles. The largest absolute Gasteiger partial charge is 0.477 e. The highest BCUT2D eigenvalue weighted by Gasteiger charge is 2.04. The number of aromatic nitrogens is 1. The van der Waals surface area contributed by atoms with E-state index in [1.165, 1.54) is 51.4 Å². The second kappa shape index (κ2) is 11.2. The van der Waals surface area contributed by atoms with Crippen molar-refractivity contribution in [3.8, 4) is 0 Å². The van der Waals surface area contributed by atoms with Gasteiger partial charge in [0.2, 0.25) is 0 Å². The minimum atomic E-state index is -0.899. The molecule has 0 aliphatic carbocycles. The summed E-state index contributed by atoms with van der Waals surface area (Å²) >= 11 is 0. The fourth-order valence-electron chi connectivity index (χ4n) is 2.41. The van der Waals surface area contributed by atoms with Crippen molar-refractivity contribution in [1.29, 1.82) is 0 Å². The summed E-state index contributed by atoms with van der Waals surface area (Å²) in [6.45, 7) is 2.25. The highest BCUT2D eigenvalue weighted by atomic mass is 16.4. The quantitative estimate of drug-likeness (QED) is 0.403. The number of aromatic carboxylic acids is 1. The number of nitrogens with one attached hydrogen (secondary N) is 1. The van der Waals surface area contributed by atoms with E-state index in [0.717, 1.165) is 18.4 Å². The Bertz CT molecular complexity index is 421. The summed E-state index contributed by atoms with van der Waals surface area (Å²) in [7, 11) is 0. The highest BCUT2D eigenvalue weighted by Crippen LogP contribution is 2.10. The van der Waals surface area contributed by atoms with Crippen LogP contribution in [0.5, 0.6) is 0 Å². The van der Waals surface area contributed by atoms with E-state index in [1.807, 2.05) is 0 Å². The lowest BCUT2D eigenvalue weighted by molar-refractivity contribution is 0.0691. The molecule has 2 N–H and O–H groups in total. The van der Waals surface area contributed by atoms with Gasteiger partial charge in [-0.05, 0) is 30.9 Å². The first-order valence-electron chi connectivity index (χ1n) is 8.29. The summed E-state index contributed by atoms with van der Waals surface area (Å²) in [5.41, 5.74) is 1.29. The molecule has 0 bridgehead atoms. The molecule has 3 heteroatoms. The van der Waals surface area contributed by atoms with Gasteiger partial charge in [0.25, 0.3) is 0 Å². The SMILES string of the molecule is CCCCCCCCCC/C=C/Cc1c[nH]c(C(=O)O)c1. The molecule has 0 fully saturated rings. The number of hydrogen-bond acceptors (Lipinski definition) is 1. The van der Waals surface area contributed by atoms with Crippen LogP contribution in [0, 0.1) is 0 Å². The molecule has 0 saturated carbocycles. The number of H-pyrrole nitrogens is 1. The molecule has 3 nitrogen and oxygen atoms in total. The van der Waals surface area contributed by atoms with Crippen molar-refractivity contribution < 1.29 is 9.90 Å². The van der Waals surface area contributed by atoms with Crippen LogP contribution in [-0.2, 0) is 6.42 Å². The fourth-order valence-corrected chi connectivity index (χ4v) is 2.41. The number of carbonyl (C=O) groups is 1. The first-order chi connectivity index (χ1) is 10.2. The van der Waals surface area contributed by atoms with E-state index in [9.17, 15) is 4.79 Å². The number of carboxylic acid groups (broad SMARTS) is 1. The van der Waals surface area contributed by atoms with Crippen LogP contribution in [0.1, 0.15) is 80.8 Å². The van der Waals surface area contributed by atoms with Crippen molar-refractivity contribution in [3.05, 3.63) is 35.7 Å². The Morgan fingerprint density at radius 3 is 2.38 bits per heavy atom. The Morgan fingerprint density at radius 2 is 1.76 bits per heavy atom. The van der Waals surface area contributed by atoms with Crippen LogP contribution in [0.3, 0.4) is 0 Å². The minimum Gasteiger partial charge on any atom is -0.477 e. The van der Waals surface area contributed by atoms with E-state index in [0.29, 0.717) is 0 Å². The predicted octanol–water partition coefficient (Wildman–Crippen LogP) is 5.34. The Balaban J connectivity index is 1.98. The van der Waals surface area contributed by atoms with E-state index in [1.54, 1.807) is 12.3 Å². The van der Waals surface area contributed by atoms with Crippen molar-refractivity contribution in [2.75, 3.05) is 0 Å². The zero-order valence-corrected chi connectivity index (χ0v) is 13.2. The number of rotatable bonds is 12. The van der Waals surface area contributed by atoms with E-state index >= 15 is 0 Å². The molecule has 0 atom stereocenters. The molecule has 0 radical (unpaired) electrons. The number of hydrogen-bond donors (Lipinski definition) is 2. The highest BCUT2D eigenvalue weighted by molar-refractivity contribution is 5.85. The van der Waals surface area contributed by atoms with E-state index in [2.05, 4.69) is 24.1 Å². The lowest BCUT2D eigenvalue weighted by Gasteiger charge is -1.99. The van der Waals surface area contributed by atoms with Gasteiger partial charge in [0.15, 0.2) is 0 Å². The van der Waals surface area contributed by atoms with Crippen LogP contribution in [0.2, 0.25) is 0 Å². The predicted molar refractivity (Wildman–Crippen MR) is 87.8 cm³/mol. The topological polar surface area (TPSA) is 53.1 Å². The Hall–Kier alpha value is -1.51. The molecule has 0 amide bonds. The van der Waals surface area contributed by atoms with Crippen molar-refractivity contribution in [2.45, 2.75) is 71.1 Å². The van der Waals surface area contributed by atoms with Gasteiger partial charge in [0.1, 0.15) is 5.69 Å². The zero-order chi connectivity index (χ0) is 15.3. The lowest BCUT2D eigenvalue weighted by Crippen LogP contribution is -1.94. The molecular weight excluding hydrogens is 262 g/mol. The summed E-state index contributed by atoms with van der Waals surface area (Å²) in [6, 6.07) is 1.70. The molecule has 0 saturated heterocycles. The smallest absolute Gasteiger partial charge is 0.352 e. The Kier molecular flexibility index (Phi) is 9.34. The molecule has 0 aliphatic rings. The molecule has 0 aromatic carbocycles. The summed E-state index contributed by atoms with van der Waals surface area (Å²) in [4.78, 5) is 13.5. The maximum atomic E-state index is 10.7. The monoisotopic (exact) mass is 291 g/mol. The zero-order valence-electron chi connectivity index (χ0n) is 13.2. The Labute approximate surface area is 128 Å². The average molecular weight is 291 g/mol. The molecule has 118 valence electrons. The van der Waals surface area contributed by atoms with Gasteiger partial charge >= 0.3 is 5.97 Å². The summed E-state index contributed by atoms with van der Waals surface area (Å²) in [5.74, 6) is -0.899. The first kappa shape index (κ1) is 17.5. The van der Waals surface area contributed by atoms with E-state index in [-0.39, 0.29) is 5.69 Å². The molecule has 1 heterocycles. The van der Waals surface area contributed by atoms with Crippen LogP contribution < -0.4 is 0 Å². The maximum absolute atomic E-state index is 10.7. The van der Waals surface area contributed by atoms with Crippen LogP contribution >= 0.6 is 0 Å². The van der Waals surface area contributed by atoms with Gasteiger partial charge in [-0.15, -0.1) is 0 Å². The number of allylic oxidation sites excluding steroid dienone is 2. The van der Waals surface area contributed by atoms with Crippen molar-refractivity contribution in [3.63, 3.8) is 0 Å². The average Bonchev–Trinajstić information content (AvgIpc) is 2.94. The number of aromatic amines is 1. The standard InChI is InChI=1S/C18H29NO2/c1-2-3-4-5-6-7-8-9-10-11-12-13-16-14-17(18(20)21)19-15-16/h11-12,14-15,19H,2-10,13H2,1H3,(H,20,21)/b12-11+.